The summed E-state index contributed by atoms with van der Waals surface area (Å²) in [4.78, 5) is 17.6. The monoisotopic (exact) mass is 355 g/mol. The molecule has 3 aliphatic rings. The van der Waals surface area contributed by atoms with Gasteiger partial charge in [0, 0.05) is 31.4 Å². The first-order valence-corrected chi connectivity index (χ1v) is 10.3. The van der Waals surface area contributed by atoms with Crippen molar-refractivity contribution in [2.24, 2.45) is 11.3 Å². The van der Waals surface area contributed by atoms with Crippen LogP contribution in [-0.4, -0.2) is 41.5 Å². The van der Waals surface area contributed by atoms with Gasteiger partial charge in [-0.05, 0) is 66.5 Å². The molecule has 26 heavy (non-hydrogen) atoms. The van der Waals surface area contributed by atoms with Crippen molar-refractivity contribution in [3.63, 3.8) is 0 Å². The molecule has 0 radical (unpaired) electrons. The number of likely N-dealkylation sites (tertiary alicyclic amines) is 2. The van der Waals surface area contributed by atoms with Crippen LogP contribution in [0.4, 0.5) is 10.5 Å². The van der Waals surface area contributed by atoms with E-state index in [0.29, 0.717) is 11.8 Å². The van der Waals surface area contributed by atoms with Crippen molar-refractivity contribution in [1.82, 2.24) is 9.80 Å². The maximum Gasteiger partial charge on any atom is 0.320 e. The molecule has 2 N–H and O–H groups in total. The van der Waals surface area contributed by atoms with Gasteiger partial charge in [-0.15, -0.1) is 0 Å². The molecule has 4 rings (SSSR count). The highest BCUT2D eigenvalue weighted by molar-refractivity contribution is 5.75. The maximum absolute atomic E-state index is 13.4. The molecule has 2 fully saturated rings. The molecule has 1 aliphatic carbocycles. The average molecular weight is 356 g/mol. The number of benzene rings is 1. The number of anilines is 1. The summed E-state index contributed by atoms with van der Waals surface area (Å²) in [7, 11) is 0. The molecule has 2 bridgehead atoms. The van der Waals surface area contributed by atoms with E-state index in [9.17, 15) is 4.79 Å². The second-order valence-corrected chi connectivity index (χ2v) is 9.16. The summed E-state index contributed by atoms with van der Waals surface area (Å²) < 4.78 is 0. The fraction of sp³-hybridized carbons (Fsp3) is 0.682. The van der Waals surface area contributed by atoms with E-state index in [1.807, 2.05) is 6.07 Å². The molecule has 2 saturated heterocycles. The van der Waals surface area contributed by atoms with E-state index < -0.39 is 0 Å². The van der Waals surface area contributed by atoms with Crippen molar-refractivity contribution >= 4 is 11.7 Å². The minimum absolute atomic E-state index is 0.0918. The van der Waals surface area contributed by atoms with E-state index in [2.05, 4.69) is 42.7 Å². The van der Waals surface area contributed by atoms with Gasteiger partial charge in [-0.1, -0.05) is 32.9 Å². The smallest absolute Gasteiger partial charge is 0.320 e. The molecule has 1 aromatic carbocycles. The lowest BCUT2D eigenvalue weighted by Gasteiger charge is -2.52. The zero-order chi connectivity index (χ0) is 18.5. The summed E-state index contributed by atoms with van der Waals surface area (Å²) in [6, 6.07) is 6.84. The van der Waals surface area contributed by atoms with Gasteiger partial charge in [0.2, 0.25) is 0 Å². The molecular formula is C22H33N3O. The lowest BCUT2D eigenvalue weighted by atomic mass is 9.64. The van der Waals surface area contributed by atoms with Crippen LogP contribution < -0.4 is 5.73 Å². The first-order chi connectivity index (χ1) is 12.4. The number of carbonyl (C=O) groups excluding carboxylic acids is 1. The minimum Gasteiger partial charge on any atom is -0.398 e. The fourth-order valence-electron chi connectivity index (χ4n) is 5.91. The average Bonchev–Trinajstić information content (AvgIpc) is 2.68. The second kappa shape index (κ2) is 6.47. The largest absolute Gasteiger partial charge is 0.398 e. The van der Waals surface area contributed by atoms with Gasteiger partial charge in [0.25, 0.3) is 0 Å². The van der Waals surface area contributed by atoms with Crippen molar-refractivity contribution in [3.05, 3.63) is 29.3 Å². The number of hydrogen-bond donors (Lipinski definition) is 1. The number of carbonyl (C=O) groups is 1. The number of hydrogen-bond acceptors (Lipinski definition) is 2. The number of urea groups is 1. The number of nitrogens with two attached hydrogens (primary N) is 1. The third-order valence-electron chi connectivity index (χ3n) is 7.48. The van der Waals surface area contributed by atoms with Crippen LogP contribution in [0.15, 0.2) is 18.2 Å². The number of nitrogens with zero attached hydrogens (tertiary/aromatic N) is 2. The maximum atomic E-state index is 13.4. The van der Waals surface area contributed by atoms with Crippen LogP contribution in [-0.2, 0) is 6.42 Å². The summed E-state index contributed by atoms with van der Waals surface area (Å²) in [5.74, 6) is 1.07. The Bertz CT molecular complexity index is 693. The molecule has 1 unspecified atom stereocenters. The number of nitrogen functional groups attached to an aromatic ring is 1. The number of piperidine rings is 2. The van der Waals surface area contributed by atoms with E-state index in [1.165, 1.54) is 17.5 Å². The summed E-state index contributed by atoms with van der Waals surface area (Å²) >= 11 is 0. The van der Waals surface area contributed by atoms with E-state index >= 15 is 0 Å². The molecule has 2 heterocycles. The zero-order valence-corrected chi connectivity index (χ0v) is 16.5. The Morgan fingerprint density at radius 3 is 2.62 bits per heavy atom. The van der Waals surface area contributed by atoms with Crippen LogP contribution in [0.2, 0.25) is 0 Å². The van der Waals surface area contributed by atoms with Crippen LogP contribution in [0.5, 0.6) is 0 Å². The molecule has 142 valence electrons. The van der Waals surface area contributed by atoms with Crippen LogP contribution in [0, 0.1) is 11.3 Å². The minimum atomic E-state index is 0.0918. The van der Waals surface area contributed by atoms with Crippen molar-refractivity contribution in [1.29, 1.82) is 0 Å². The van der Waals surface area contributed by atoms with Crippen LogP contribution in [0.25, 0.3) is 0 Å². The van der Waals surface area contributed by atoms with Crippen molar-refractivity contribution in [3.8, 4) is 0 Å². The van der Waals surface area contributed by atoms with Gasteiger partial charge in [-0.3, -0.25) is 0 Å². The SMILES string of the molecule is CC1c2cccc(N)c2C[C@H]2N(C(=O)N3CCCCC3)CC[C@@H]1C2(C)C. The first kappa shape index (κ1) is 17.7. The Balaban J connectivity index is 1.71. The topological polar surface area (TPSA) is 49.6 Å². The molecule has 0 aromatic heterocycles. The third-order valence-corrected chi connectivity index (χ3v) is 7.48. The van der Waals surface area contributed by atoms with Crippen LogP contribution in [0.1, 0.15) is 63.5 Å². The summed E-state index contributed by atoms with van der Waals surface area (Å²) in [6.45, 7) is 9.82. The molecule has 4 heteroatoms. The van der Waals surface area contributed by atoms with Gasteiger partial charge in [0.15, 0.2) is 0 Å². The molecule has 3 atom stereocenters. The molecule has 2 aliphatic heterocycles. The highest BCUT2D eigenvalue weighted by atomic mass is 16.2. The Hall–Kier alpha value is -1.71. The highest BCUT2D eigenvalue weighted by Gasteiger charge is 2.50. The van der Waals surface area contributed by atoms with Crippen LogP contribution >= 0.6 is 0 Å². The quantitative estimate of drug-likeness (QED) is 0.707. The van der Waals surface area contributed by atoms with Crippen molar-refractivity contribution < 1.29 is 4.79 Å². The Morgan fingerprint density at radius 1 is 1.15 bits per heavy atom. The number of rotatable bonds is 0. The lowest BCUT2D eigenvalue weighted by Crippen LogP contribution is -2.60. The molecule has 2 amide bonds. The molecule has 0 saturated carbocycles. The van der Waals surface area contributed by atoms with Crippen molar-refractivity contribution in [2.45, 2.75) is 64.8 Å². The highest BCUT2D eigenvalue weighted by Crippen LogP contribution is 2.52. The summed E-state index contributed by atoms with van der Waals surface area (Å²) in [5, 5.41) is 0. The van der Waals surface area contributed by atoms with Gasteiger partial charge >= 0.3 is 6.03 Å². The van der Waals surface area contributed by atoms with Gasteiger partial charge < -0.3 is 15.5 Å². The Kier molecular flexibility index (Phi) is 4.40. The fourth-order valence-corrected chi connectivity index (χ4v) is 5.91. The van der Waals surface area contributed by atoms with Crippen LogP contribution in [0.3, 0.4) is 0 Å². The Morgan fingerprint density at radius 2 is 1.88 bits per heavy atom. The van der Waals surface area contributed by atoms with E-state index in [0.717, 1.165) is 51.0 Å². The normalized spacial score (nSPS) is 30.5. The zero-order valence-electron chi connectivity index (χ0n) is 16.5. The molecule has 0 spiro atoms. The van der Waals surface area contributed by atoms with E-state index in [1.54, 1.807) is 0 Å². The molecule has 1 aromatic rings. The Labute approximate surface area is 157 Å². The van der Waals surface area contributed by atoms with Crippen molar-refractivity contribution in [2.75, 3.05) is 25.4 Å². The number of amides is 2. The second-order valence-electron chi connectivity index (χ2n) is 9.16. The van der Waals surface area contributed by atoms with Gasteiger partial charge in [-0.25, -0.2) is 4.79 Å². The predicted octanol–water partition coefficient (Wildman–Crippen LogP) is 4.25. The number of fused-ring (bicyclic) bond motifs is 3. The first-order valence-electron chi connectivity index (χ1n) is 10.3. The van der Waals surface area contributed by atoms with Gasteiger partial charge in [0.05, 0.1) is 0 Å². The molecule has 4 nitrogen and oxygen atoms in total. The lowest BCUT2D eigenvalue weighted by molar-refractivity contribution is -0.00367. The summed E-state index contributed by atoms with van der Waals surface area (Å²) in [5.41, 5.74) is 10.1. The standard InChI is InChI=1S/C22H33N3O/c1-15-16-8-7-9-19(23)17(16)14-20-22(2,3)18(15)10-13-25(20)21(26)24-11-5-4-6-12-24/h7-9,15,18,20H,4-6,10-14,23H2,1-3H3/t15?,18-,20+/m0/s1. The van der Waals surface area contributed by atoms with E-state index in [-0.39, 0.29) is 17.5 Å². The van der Waals surface area contributed by atoms with Gasteiger partial charge in [-0.2, -0.15) is 0 Å². The van der Waals surface area contributed by atoms with E-state index in [4.69, 9.17) is 5.73 Å². The van der Waals surface area contributed by atoms with Gasteiger partial charge in [0.1, 0.15) is 0 Å². The summed E-state index contributed by atoms with van der Waals surface area (Å²) in [6.07, 6.45) is 5.50. The predicted molar refractivity (Wildman–Crippen MR) is 106 cm³/mol. The third kappa shape index (κ3) is 2.69. The molecular weight excluding hydrogens is 322 g/mol.